The van der Waals surface area contributed by atoms with Gasteiger partial charge in [0.1, 0.15) is 0 Å². The van der Waals surface area contributed by atoms with E-state index in [2.05, 4.69) is 13.8 Å². The first-order valence-electron chi connectivity index (χ1n) is 6.48. The van der Waals surface area contributed by atoms with Gasteiger partial charge in [-0.15, -0.1) is 12.4 Å². The number of likely N-dealkylation sites (tertiary alicyclic amines) is 1. The number of carbonyl (C=O) groups is 1. The molecule has 4 heteroatoms. The molecule has 1 aliphatic rings. The molecule has 102 valence electrons. The molecule has 0 aromatic carbocycles. The highest BCUT2D eigenvalue weighted by molar-refractivity contribution is 5.85. The van der Waals surface area contributed by atoms with E-state index < -0.39 is 5.54 Å². The first-order chi connectivity index (χ1) is 7.40. The third-order valence-electron chi connectivity index (χ3n) is 3.78. The number of nitrogens with two attached hydrogens (primary N) is 1. The summed E-state index contributed by atoms with van der Waals surface area (Å²) in [6.45, 7) is 9.86. The van der Waals surface area contributed by atoms with Crippen LogP contribution in [0.4, 0.5) is 0 Å². The highest BCUT2D eigenvalue weighted by Crippen LogP contribution is 2.29. The number of hydrogen-bond donors (Lipinski definition) is 1. The molecule has 17 heavy (non-hydrogen) atoms. The van der Waals surface area contributed by atoms with Gasteiger partial charge in [0.25, 0.3) is 0 Å². The fourth-order valence-corrected chi connectivity index (χ4v) is 2.72. The number of carbonyl (C=O) groups excluding carboxylic acids is 1. The molecule has 1 atom stereocenters. The molecule has 1 heterocycles. The van der Waals surface area contributed by atoms with E-state index in [-0.39, 0.29) is 18.3 Å². The average Bonchev–Trinajstić information content (AvgIpc) is 2.66. The normalized spacial score (nSPS) is 20.6. The minimum atomic E-state index is -0.719. The van der Waals surface area contributed by atoms with Crippen molar-refractivity contribution in [1.29, 1.82) is 0 Å². The number of halogens is 1. The largest absolute Gasteiger partial charge is 0.341 e. The van der Waals surface area contributed by atoms with Gasteiger partial charge in [-0.25, -0.2) is 0 Å². The van der Waals surface area contributed by atoms with Crippen molar-refractivity contribution < 1.29 is 4.79 Å². The molecule has 1 unspecified atom stereocenters. The number of amides is 1. The van der Waals surface area contributed by atoms with Crippen LogP contribution in [0, 0.1) is 11.8 Å². The molecule has 1 aliphatic heterocycles. The quantitative estimate of drug-likeness (QED) is 0.846. The fourth-order valence-electron chi connectivity index (χ4n) is 2.72. The predicted molar refractivity (Wildman–Crippen MR) is 74.3 cm³/mol. The van der Waals surface area contributed by atoms with Crippen LogP contribution >= 0.6 is 12.4 Å². The van der Waals surface area contributed by atoms with Crippen LogP contribution in [-0.4, -0.2) is 29.4 Å². The van der Waals surface area contributed by atoms with Crippen LogP contribution < -0.4 is 5.73 Å². The summed E-state index contributed by atoms with van der Waals surface area (Å²) < 4.78 is 0. The minimum absolute atomic E-state index is 0. The molecule has 1 fully saturated rings. The Kier molecular flexibility index (Phi) is 6.49. The number of nitrogens with zero attached hydrogens (tertiary/aromatic N) is 1. The van der Waals surface area contributed by atoms with Gasteiger partial charge in [-0.2, -0.15) is 0 Å². The van der Waals surface area contributed by atoms with E-state index in [0.29, 0.717) is 5.92 Å². The summed E-state index contributed by atoms with van der Waals surface area (Å²) in [5, 5.41) is 0. The zero-order valence-electron chi connectivity index (χ0n) is 11.5. The van der Waals surface area contributed by atoms with Crippen molar-refractivity contribution in [2.24, 2.45) is 17.6 Å². The lowest BCUT2D eigenvalue weighted by Crippen LogP contribution is -2.50. The first kappa shape index (κ1) is 16.7. The molecular weight excluding hydrogens is 236 g/mol. The zero-order chi connectivity index (χ0) is 12.3. The van der Waals surface area contributed by atoms with Crippen LogP contribution in [0.1, 0.15) is 47.0 Å². The summed E-state index contributed by atoms with van der Waals surface area (Å²) >= 11 is 0. The molecular formula is C13H27ClN2O. The minimum Gasteiger partial charge on any atom is -0.341 e. The Bertz CT molecular complexity index is 246. The van der Waals surface area contributed by atoms with E-state index in [1.165, 1.54) is 12.8 Å². The van der Waals surface area contributed by atoms with E-state index in [0.717, 1.165) is 25.4 Å². The van der Waals surface area contributed by atoms with Gasteiger partial charge in [-0.3, -0.25) is 4.79 Å². The molecule has 0 aliphatic carbocycles. The van der Waals surface area contributed by atoms with Gasteiger partial charge in [-0.1, -0.05) is 26.7 Å². The lowest BCUT2D eigenvalue weighted by molar-refractivity contribution is -0.134. The number of hydrogen-bond acceptors (Lipinski definition) is 2. The van der Waals surface area contributed by atoms with Gasteiger partial charge in [0.15, 0.2) is 0 Å². The Labute approximate surface area is 112 Å². The van der Waals surface area contributed by atoms with Crippen molar-refractivity contribution in [2.75, 3.05) is 13.1 Å². The molecule has 0 saturated carbocycles. The number of rotatable bonds is 4. The molecule has 0 aromatic rings. The molecule has 0 bridgehead atoms. The summed E-state index contributed by atoms with van der Waals surface area (Å²) in [6.07, 6.45) is 3.58. The molecule has 0 spiro atoms. The van der Waals surface area contributed by atoms with Crippen molar-refractivity contribution in [1.82, 2.24) is 4.90 Å². The Morgan fingerprint density at radius 3 is 2.35 bits per heavy atom. The van der Waals surface area contributed by atoms with Gasteiger partial charge in [0, 0.05) is 13.1 Å². The lowest BCUT2D eigenvalue weighted by Gasteiger charge is -2.26. The Morgan fingerprint density at radius 1 is 1.41 bits per heavy atom. The molecule has 1 rings (SSSR count). The molecule has 1 amide bonds. The predicted octanol–water partition coefficient (Wildman–Crippen LogP) is 2.43. The maximum absolute atomic E-state index is 12.0. The summed E-state index contributed by atoms with van der Waals surface area (Å²) in [4.78, 5) is 14.0. The van der Waals surface area contributed by atoms with Crippen molar-refractivity contribution in [3.8, 4) is 0 Å². The van der Waals surface area contributed by atoms with Crippen LogP contribution in [0.25, 0.3) is 0 Å². The Morgan fingerprint density at radius 2 is 1.94 bits per heavy atom. The van der Waals surface area contributed by atoms with Gasteiger partial charge in [0.2, 0.25) is 5.91 Å². The molecule has 0 aromatic heterocycles. The average molecular weight is 263 g/mol. The fraction of sp³-hybridized carbons (Fsp3) is 0.923. The summed E-state index contributed by atoms with van der Waals surface area (Å²) in [5.74, 6) is 1.54. The van der Waals surface area contributed by atoms with E-state index >= 15 is 0 Å². The van der Waals surface area contributed by atoms with Crippen LogP contribution in [0.2, 0.25) is 0 Å². The Hall–Kier alpha value is -0.280. The lowest BCUT2D eigenvalue weighted by atomic mass is 9.87. The van der Waals surface area contributed by atoms with Crippen molar-refractivity contribution in [3.05, 3.63) is 0 Å². The van der Waals surface area contributed by atoms with E-state index in [1.807, 2.05) is 4.90 Å². The summed E-state index contributed by atoms with van der Waals surface area (Å²) in [6, 6.07) is 0. The molecule has 1 saturated heterocycles. The van der Waals surface area contributed by atoms with E-state index in [9.17, 15) is 4.79 Å². The van der Waals surface area contributed by atoms with Crippen LogP contribution in [0.15, 0.2) is 0 Å². The van der Waals surface area contributed by atoms with Gasteiger partial charge in [-0.05, 0) is 32.1 Å². The second-order valence-corrected chi connectivity index (χ2v) is 5.60. The maximum atomic E-state index is 12.0. The topological polar surface area (TPSA) is 46.3 Å². The van der Waals surface area contributed by atoms with Crippen molar-refractivity contribution >= 4 is 18.3 Å². The van der Waals surface area contributed by atoms with Gasteiger partial charge in [0.05, 0.1) is 5.54 Å². The molecule has 2 N–H and O–H groups in total. The van der Waals surface area contributed by atoms with Crippen molar-refractivity contribution in [2.45, 2.75) is 52.5 Å². The monoisotopic (exact) mass is 262 g/mol. The highest BCUT2D eigenvalue weighted by Gasteiger charge is 2.35. The molecule has 0 radical (unpaired) electrons. The third kappa shape index (κ3) is 4.14. The van der Waals surface area contributed by atoms with Gasteiger partial charge >= 0.3 is 0 Å². The highest BCUT2D eigenvalue weighted by atomic mass is 35.5. The third-order valence-corrected chi connectivity index (χ3v) is 3.78. The van der Waals surface area contributed by atoms with Crippen molar-refractivity contribution in [3.63, 3.8) is 0 Å². The second kappa shape index (κ2) is 6.60. The SMILES string of the molecule is CCC(CC)C1CCN(C(=O)C(C)(C)N)C1.Cl. The molecule has 3 nitrogen and oxygen atoms in total. The smallest absolute Gasteiger partial charge is 0.242 e. The van der Waals surface area contributed by atoms with Crippen LogP contribution in [0.3, 0.4) is 0 Å². The van der Waals surface area contributed by atoms with E-state index in [1.54, 1.807) is 13.8 Å². The van der Waals surface area contributed by atoms with Gasteiger partial charge < -0.3 is 10.6 Å². The van der Waals surface area contributed by atoms with Crippen LogP contribution in [0.5, 0.6) is 0 Å². The summed E-state index contributed by atoms with van der Waals surface area (Å²) in [7, 11) is 0. The Balaban J connectivity index is 0.00000256. The van der Waals surface area contributed by atoms with Crippen LogP contribution in [-0.2, 0) is 4.79 Å². The first-order valence-corrected chi connectivity index (χ1v) is 6.48. The second-order valence-electron chi connectivity index (χ2n) is 5.60. The van der Waals surface area contributed by atoms with E-state index in [4.69, 9.17) is 5.73 Å². The summed E-state index contributed by atoms with van der Waals surface area (Å²) in [5.41, 5.74) is 5.13. The standard InChI is InChI=1S/C13H26N2O.ClH/c1-5-10(6-2)11-7-8-15(9-11)12(16)13(3,4)14;/h10-11H,5-9,14H2,1-4H3;1H. The maximum Gasteiger partial charge on any atom is 0.242 e. The zero-order valence-corrected chi connectivity index (χ0v) is 12.3.